The van der Waals surface area contributed by atoms with Crippen LogP contribution >= 0.6 is 0 Å². The maximum Gasteiger partial charge on any atom is 0.508 e. The predicted octanol–water partition coefficient (Wildman–Crippen LogP) is 3.31. The normalized spacial score (nSPS) is 17.0. The summed E-state index contributed by atoms with van der Waals surface area (Å²) in [6.07, 6.45) is -3.33. The first-order valence-corrected chi connectivity index (χ1v) is 6.65. The van der Waals surface area contributed by atoms with Crippen molar-refractivity contribution < 1.29 is 32.5 Å². The van der Waals surface area contributed by atoms with Crippen molar-refractivity contribution in [2.45, 2.75) is 24.6 Å². The van der Waals surface area contributed by atoms with Gasteiger partial charge in [0.25, 0.3) is 0 Å². The summed E-state index contributed by atoms with van der Waals surface area (Å²) in [4.78, 5) is 11.0. The molecular weight excluding hydrogens is 301 g/mol. The maximum absolute atomic E-state index is 11.9. The lowest BCUT2D eigenvalue weighted by Crippen LogP contribution is -2.21. The molecule has 1 fully saturated rings. The van der Waals surface area contributed by atoms with Crippen LogP contribution in [0.15, 0.2) is 36.4 Å². The molecule has 0 unspecified atom stereocenters. The molecule has 1 aromatic rings. The number of aliphatic hydroxyl groups is 1. The third-order valence-corrected chi connectivity index (χ3v) is 3.15. The second-order valence-electron chi connectivity index (χ2n) is 4.98. The van der Waals surface area contributed by atoms with Crippen LogP contribution in [0.4, 0.5) is 18.0 Å². The fourth-order valence-corrected chi connectivity index (χ4v) is 1.96. The van der Waals surface area contributed by atoms with Gasteiger partial charge < -0.3 is 14.6 Å². The smallest absolute Gasteiger partial charge is 0.430 e. The molecule has 120 valence electrons. The summed E-state index contributed by atoms with van der Waals surface area (Å²) in [5, 5.41) is 10.2. The summed E-state index contributed by atoms with van der Waals surface area (Å²) < 4.78 is 44.1. The van der Waals surface area contributed by atoms with E-state index in [9.17, 15) is 23.1 Å². The standard InChI is InChI=1S/C15H15F3O4/c16-15(17,18)10-22-13(19)21-9-6-12(14(20)7-8-14)11-4-2-1-3-5-11/h1-6,20H,7-10H2/b12-6-. The lowest BCUT2D eigenvalue weighted by atomic mass is 9.98. The molecule has 4 nitrogen and oxygen atoms in total. The Morgan fingerprint density at radius 3 is 2.41 bits per heavy atom. The maximum atomic E-state index is 11.9. The average Bonchev–Trinajstić information content (AvgIpc) is 3.20. The fraction of sp³-hybridized carbons (Fsp3) is 0.400. The predicted molar refractivity (Wildman–Crippen MR) is 72.0 cm³/mol. The number of hydrogen-bond acceptors (Lipinski definition) is 4. The van der Waals surface area contributed by atoms with Crippen molar-refractivity contribution >= 4 is 11.7 Å². The molecule has 1 N–H and O–H groups in total. The van der Waals surface area contributed by atoms with Gasteiger partial charge in [0.1, 0.15) is 6.61 Å². The minimum atomic E-state index is -4.59. The number of halogens is 3. The van der Waals surface area contributed by atoms with Crippen LogP contribution in [0.1, 0.15) is 18.4 Å². The van der Waals surface area contributed by atoms with Gasteiger partial charge in [-0.05, 0) is 30.1 Å². The third kappa shape index (κ3) is 4.77. The molecular formula is C15H15F3O4. The Morgan fingerprint density at radius 2 is 1.86 bits per heavy atom. The van der Waals surface area contributed by atoms with Gasteiger partial charge in [0.2, 0.25) is 0 Å². The van der Waals surface area contributed by atoms with Crippen LogP contribution in [0.2, 0.25) is 0 Å². The van der Waals surface area contributed by atoms with Crippen molar-refractivity contribution in [2.75, 3.05) is 13.2 Å². The summed E-state index contributed by atoms with van der Waals surface area (Å²) in [6.45, 7) is -1.96. The van der Waals surface area contributed by atoms with Crippen LogP contribution < -0.4 is 0 Å². The molecule has 0 spiro atoms. The van der Waals surface area contributed by atoms with Gasteiger partial charge in [0.05, 0.1) is 5.60 Å². The van der Waals surface area contributed by atoms with Crippen molar-refractivity contribution in [3.05, 3.63) is 42.0 Å². The molecule has 7 heteroatoms. The van der Waals surface area contributed by atoms with Crippen LogP contribution in [-0.2, 0) is 9.47 Å². The zero-order valence-electron chi connectivity index (χ0n) is 11.6. The minimum absolute atomic E-state index is 0.275. The highest BCUT2D eigenvalue weighted by molar-refractivity contribution is 5.74. The summed E-state index contributed by atoms with van der Waals surface area (Å²) in [6, 6.07) is 9.01. The van der Waals surface area contributed by atoms with E-state index in [0.29, 0.717) is 18.4 Å². The molecule has 1 aliphatic rings. The molecule has 0 heterocycles. The van der Waals surface area contributed by atoms with E-state index >= 15 is 0 Å². The monoisotopic (exact) mass is 316 g/mol. The van der Waals surface area contributed by atoms with E-state index in [0.717, 1.165) is 5.56 Å². The number of ether oxygens (including phenoxy) is 2. The molecule has 0 bridgehead atoms. The summed E-state index contributed by atoms with van der Waals surface area (Å²) in [5.74, 6) is 0. The first-order chi connectivity index (χ1) is 10.3. The van der Waals surface area contributed by atoms with Crippen molar-refractivity contribution in [3.63, 3.8) is 0 Å². The molecule has 0 aliphatic heterocycles. The Morgan fingerprint density at radius 1 is 1.23 bits per heavy atom. The topological polar surface area (TPSA) is 55.8 Å². The molecule has 0 aromatic heterocycles. The minimum Gasteiger partial charge on any atom is -0.430 e. The highest BCUT2D eigenvalue weighted by Crippen LogP contribution is 2.46. The number of benzene rings is 1. The number of carbonyl (C=O) groups excluding carboxylic acids is 1. The molecule has 0 atom stereocenters. The van der Waals surface area contributed by atoms with E-state index in [1.165, 1.54) is 6.08 Å². The third-order valence-electron chi connectivity index (χ3n) is 3.15. The Labute approximate surface area is 125 Å². The van der Waals surface area contributed by atoms with Gasteiger partial charge in [-0.15, -0.1) is 0 Å². The van der Waals surface area contributed by atoms with Gasteiger partial charge in [0.15, 0.2) is 6.61 Å². The van der Waals surface area contributed by atoms with Crippen LogP contribution in [0.25, 0.3) is 5.57 Å². The van der Waals surface area contributed by atoms with Crippen LogP contribution in [0.3, 0.4) is 0 Å². The second-order valence-corrected chi connectivity index (χ2v) is 4.98. The zero-order valence-corrected chi connectivity index (χ0v) is 11.6. The largest absolute Gasteiger partial charge is 0.508 e. The Kier molecular flexibility index (Phi) is 4.75. The quantitative estimate of drug-likeness (QED) is 0.847. The molecule has 2 rings (SSSR count). The van der Waals surface area contributed by atoms with Gasteiger partial charge in [-0.25, -0.2) is 4.79 Å². The molecule has 22 heavy (non-hydrogen) atoms. The van der Waals surface area contributed by atoms with Crippen LogP contribution in [-0.4, -0.2) is 36.3 Å². The number of alkyl halides is 3. The molecule has 1 aliphatic carbocycles. The summed E-state index contributed by atoms with van der Waals surface area (Å²) >= 11 is 0. The highest BCUT2D eigenvalue weighted by atomic mass is 19.4. The van der Waals surface area contributed by atoms with Crippen molar-refractivity contribution in [1.29, 1.82) is 0 Å². The Bertz CT molecular complexity index is 548. The first kappa shape index (κ1) is 16.4. The van der Waals surface area contributed by atoms with E-state index < -0.39 is 24.5 Å². The molecule has 0 radical (unpaired) electrons. The lowest BCUT2D eigenvalue weighted by Gasteiger charge is -2.14. The fourth-order valence-electron chi connectivity index (χ4n) is 1.96. The van der Waals surface area contributed by atoms with Crippen molar-refractivity contribution in [1.82, 2.24) is 0 Å². The van der Waals surface area contributed by atoms with E-state index in [4.69, 9.17) is 0 Å². The number of hydrogen-bond donors (Lipinski definition) is 1. The van der Waals surface area contributed by atoms with Gasteiger partial charge in [-0.1, -0.05) is 30.3 Å². The van der Waals surface area contributed by atoms with Crippen molar-refractivity contribution in [3.8, 4) is 0 Å². The highest BCUT2D eigenvalue weighted by Gasteiger charge is 2.44. The Hall–Kier alpha value is -2.02. The van der Waals surface area contributed by atoms with Crippen LogP contribution in [0.5, 0.6) is 0 Å². The van der Waals surface area contributed by atoms with Crippen molar-refractivity contribution in [2.24, 2.45) is 0 Å². The molecule has 0 saturated heterocycles. The average molecular weight is 316 g/mol. The first-order valence-electron chi connectivity index (χ1n) is 6.65. The van der Waals surface area contributed by atoms with Gasteiger partial charge in [-0.3, -0.25) is 0 Å². The van der Waals surface area contributed by atoms with Gasteiger partial charge >= 0.3 is 12.3 Å². The van der Waals surface area contributed by atoms with Gasteiger partial charge in [0, 0.05) is 0 Å². The van der Waals surface area contributed by atoms with Gasteiger partial charge in [-0.2, -0.15) is 13.2 Å². The summed E-state index contributed by atoms with van der Waals surface area (Å²) in [5.41, 5.74) is 0.409. The lowest BCUT2D eigenvalue weighted by molar-refractivity contribution is -0.165. The molecule has 1 aromatic carbocycles. The second kappa shape index (κ2) is 6.39. The van der Waals surface area contributed by atoms with Crippen LogP contribution in [0, 0.1) is 0 Å². The summed E-state index contributed by atoms with van der Waals surface area (Å²) in [7, 11) is 0. The number of carbonyl (C=O) groups is 1. The van der Waals surface area contributed by atoms with E-state index in [1.54, 1.807) is 24.3 Å². The molecule has 1 saturated carbocycles. The molecule has 0 amide bonds. The number of rotatable bonds is 5. The van der Waals surface area contributed by atoms with E-state index in [-0.39, 0.29) is 6.61 Å². The van der Waals surface area contributed by atoms with E-state index in [1.807, 2.05) is 6.07 Å². The zero-order chi connectivity index (χ0) is 16.2. The Balaban J connectivity index is 1.93. The van der Waals surface area contributed by atoms with E-state index in [2.05, 4.69) is 9.47 Å². The SMILES string of the molecule is O=C(OC/C=C(/c1ccccc1)C1(O)CC1)OCC(F)(F)F.